The van der Waals surface area contributed by atoms with Crippen LogP contribution in [0.1, 0.15) is 49.7 Å². The molecular formula is C26H34N2O2. The van der Waals surface area contributed by atoms with E-state index in [9.17, 15) is 0 Å². The minimum absolute atomic E-state index is 0.866. The molecule has 30 heavy (non-hydrogen) atoms. The number of hydrogen-bond donors (Lipinski definition) is 0. The van der Waals surface area contributed by atoms with E-state index in [1.54, 1.807) is 14.2 Å². The van der Waals surface area contributed by atoms with Crippen molar-refractivity contribution in [3.8, 4) is 11.5 Å². The number of methoxy groups -OCH3 is 2. The second-order valence-electron chi connectivity index (χ2n) is 8.34. The summed E-state index contributed by atoms with van der Waals surface area (Å²) in [4.78, 5) is 4.90. The number of ether oxygens (including phenoxy) is 2. The molecule has 2 aliphatic rings. The summed E-state index contributed by atoms with van der Waals surface area (Å²) in [5, 5.41) is 0. The van der Waals surface area contributed by atoms with Gasteiger partial charge in [-0.05, 0) is 68.4 Å². The maximum Gasteiger partial charge on any atom is 0.128 e. The van der Waals surface area contributed by atoms with E-state index in [0.717, 1.165) is 54.4 Å². The summed E-state index contributed by atoms with van der Waals surface area (Å²) >= 11 is 0. The largest absolute Gasteiger partial charge is 0.496 e. The third kappa shape index (κ3) is 4.28. The molecule has 0 N–H and O–H groups in total. The number of benzene rings is 2. The maximum atomic E-state index is 5.78. The fourth-order valence-electron chi connectivity index (χ4n) is 4.70. The smallest absolute Gasteiger partial charge is 0.128 e. The van der Waals surface area contributed by atoms with Gasteiger partial charge in [-0.25, -0.2) is 0 Å². The summed E-state index contributed by atoms with van der Waals surface area (Å²) in [6.45, 7) is 8.89. The molecule has 2 fully saturated rings. The highest BCUT2D eigenvalue weighted by molar-refractivity contribution is 5.85. The number of nitrogens with zero attached hydrogens (tertiary/aromatic N) is 2. The van der Waals surface area contributed by atoms with E-state index in [1.165, 1.54) is 49.9 Å². The zero-order chi connectivity index (χ0) is 20.9. The van der Waals surface area contributed by atoms with Gasteiger partial charge in [-0.1, -0.05) is 6.58 Å². The number of piperidine rings is 2. The van der Waals surface area contributed by atoms with Crippen LogP contribution in [0.25, 0.3) is 5.57 Å². The zero-order valence-electron chi connectivity index (χ0n) is 18.5. The van der Waals surface area contributed by atoms with Crippen LogP contribution in [0.4, 0.5) is 11.4 Å². The summed E-state index contributed by atoms with van der Waals surface area (Å²) in [5.74, 6) is 1.73. The van der Waals surface area contributed by atoms with Crippen LogP contribution in [-0.4, -0.2) is 40.4 Å². The Morgan fingerprint density at radius 2 is 1.07 bits per heavy atom. The molecule has 2 saturated heterocycles. The van der Waals surface area contributed by atoms with Crippen LogP contribution in [0.2, 0.25) is 0 Å². The Morgan fingerprint density at radius 3 is 1.43 bits per heavy atom. The lowest BCUT2D eigenvalue weighted by Gasteiger charge is -2.30. The monoisotopic (exact) mass is 406 g/mol. The van der Waals surface area contributed by atoms with Crippen molar-refractivity contribution in [2.75, 3.05) is 50.2 Å². The van der Waals surface area contributed by atoms with Crippen molar-refractivity contribution >= 4 is 16.9 Å². The molecule has 0 bridgehead atoms. The van der Waals surface area contributed by atoms with Crippen molar-refractivity contribution in [1.29, 1.82) is 0 Å². The molecule has 0 atom stereocenters. The highest BCUT2D eigenvalue weighted by atomic mass is 16.5. The lowest BCUT2D eigenvalue weighted by molar-refractivity contribution is 0.411. The minimum Gasteiger partial charge on any atom is -0.496 e. The van der Waals surface area contributed by atoms with E-state index in [1.807, 2.05) is 0 Å². The van der Waals surface area contributed by atoms with Crippen LogP contribution in [0.15, 0.2) is 43.0 Å². The summed E-state index contributed by atoms with van der Waals surface area (Å²) < 4.78 is 11.6. The fraction of sp³-hybridized carbons (Fsp3) is 0.462. The van der Waals surface area contributed by atoms with E-state index < -0.39 is 0 Å². The molecule has 0 aromatic heterocycles. The molecule has 2 heterocycles. The van der Waals surface area contributed by atoms with Crippen molar-refractivity contribution in [1.82, 2.24) is 0 Å². The average molecular weight is 407 g/mol. The van der Waals surface area contributed by atoms with Crippen molar-refractivity contribution in [3.05, 3.63) is 54.1 Å². The number of hydrogen-bond acceptors (Lipinski definition) is 4. The fourth-order valence-corrected chi connectivity index (χ4v) is 4.70. The van der Waals surface area contributed by atoms with Crippen LogP contribution in [0.3, 0.4) is 0 Å². The van der Waals surface area contributed by atoms with E-state index in [4.69, 9.17) is 9.47 Å². The molecule has 0 unspecified atom stereocenters. The highest BCUT2D eigenvalue weighted by Gasteiger charge is 2.18. The summed E-state index contributed by atoms with van der Waals surface area (Å²) in [6.07, 6.45) is 7.70. The molecule has 2 aromatic rings. The number of anilines is 2. The number of rotatable bonds is 6. The first kappa shape index (κ1) is 20.6. The quantitative estimate of drug-likeness (QED) is 0.610. The van der Waals surface area contributed by atoms with E-state index in [2.05, 4.69) is 52.8 Å². The normalized spacial score (nSPS) is 17.0. The van der Waals surface area contributed by atoms with E-state index >= 15 is 0 Å². The van der Waals surface area contributed by atoms with E-state index in [-0.39, 0.29) is 0 Å². The average Bonchev–Trinajstić information content (AvgIpc) is 2.84. The van der Waals surface area contributed by atoms with Crippen LogP contribution in [0.5, 0.6) is 11.5 Å². The van der Waals surface area contributed by atoms with Gasteiger partial charge in [0, 0.05) is 60.8 Å². The molecule has 2 aliphatic heterocycles. The first-order valence-electron chi connectivity index (χ1n) is 11.3. The lowest BCUT2D eigenvalue weighted by Crippen LogP contribution is -2.29. The second kappa shape index (κ2) is 9.46. The van der Waals surface area contributed by atoms with Crippen LogP contribution < -0.4 is 19.3 Å². The van der Waals surface area contributed by atoms with Crippen molar-refractivity contribution in [2.45, 2.75) is 38.5 Å². The Labute approximate surface area is 181 Å². The standard InChI is InChI=1S/C26H34N2O2/c1-20(23-12-10-21(18-25(23)29-2)27-14-6-4-7-15-27)24-13-11-22(19-26(24)30-3)28-16-8-5-9-17-28/h10-13,18-19H,1,4-9,14-17H2,2-3H3. The van der Waals surface area contributed by atoms with Crippen LogP contribution in [-0.2, 0) is 0 Å². The lowest BCUT2D eigenvalue weighted by atomic mass is 9.96. The molecule has 0 saturated carbocycles. The maximum absolute atomic E-state index is 5.78. The SMILES string of the molecule is C=C(c1ccc(N2CCCCC2)cc1OC)c1ccc(N2CCCCC2)cc1OC. The Morgan fingerprint density at radius 1 is 0.667 bits per heavy atom. The molecule has 0 spiro atoms. The van der Waals surface area contributed by atoms with Crippen LogP contribution >= 0.6 is 0 Å². The second-order valence-corrected chi connectivity index (χ2v) is 8.34. The molecule has 0 aliphatic carbocycles. The van der Waals surface area contributed by atoms with Gasteiger partial charge in [0.15, 0.2) is 0 Å². The summed E-state index contributed by atoms with van der Waals surface area (Å²) in [7, 11) is 3.48. The minimum atomic E-state index is 0.866. The van der Waals surface area contributed by atoms with Crippen molar-refractivity contribution in [2.24, 2.45) is 0 Å². The van der Waals surface area contributed by atoms with Gasteiger partial charge in [0.1, 0.15) is 11.5 Å². The first-order chi connectivity index (χ1) is 14.7. The molecule has 0 amide bonds. The Bertz CT molecular complexity index is 809. The van der Waals surface area contributed by atoms with Gasteiger partial charge >= 0.3 is 0 Å². The van der Waals surface area contributed by atoms with Gasteiger partial charge in [0.05, 0.1) is 14.2 Å². The molecule has 2 aromatic carbocycles. The van der Waals surface area contributed by atoms with Gasteiger partial charge in [-0.3, -0.25) is 0 Å². The van der Waals surface area contributed by atoms with Gasteiger partial charge in [0.2, 0.25) is 0 Å². The van der Waals surface area contributed by atoms with Gasteiger partial charge in [-0.2, -0.15) is 0 Å². The Kier molecular flexibility index (Phi) is 6.51. The molecule has 160 valence electrons. The Balaban J connectivity index is 1.61. The van der Waals surface area contributed by atoms with Crippen molar-refractivity contribution in [3.63, 3.8) is 0 Å². The molecule has 4 nitrogen and oxygen atoms in total. The third-order valence-electron chi connectivity index (χ3n) is 6.46. The molecule has 0 radical (unpaired) electrons. The zero-order valence-corrected chi connectivity index (χ0v) is 18.5. The van der Waals surface area contributed by atoms with Crippen molar-refractivity contribution < 1.29 is 9.47 Å². The van der Waals surface area contributed by atoms with E-state index in [0.29, 0.717) is 0 Å². The predicted molar refractivity (Wildman–Crippen MR) is 126 cm³/mol. The Hall–Kier alpha value is -2.62. The molecule has 4 heteroatoms. The summed E-state index contributed by atoms with van der Waals surface area (Å²) in [5.41, 5.74) is 5.43. The van der Waals surface area contributed by atoms with Crippen LogP contribution in [0, 0.1) is 0 Å². The molecule has 4 rings (SSSR count). The first-order valence-corrected chi connectivity index (χ1v) is 11.3. The highest BCUT2D eigenvalue weighted by Crippen LogP contribution is 2.38. The van der Waals surface area contributed by atoms with Gasteiger partial charge in [-0.15, -0.1) is 0 Å². The van der Waals surface area contributed by atoms with Gasteiger partial charge < -0.3 is 19.3 Å². The van der Waals surface area contributed by atoms with Gasteiger partial charge in [0.25, 0.3) is 0 Å². The molecular weight excluding hydrogens is 372 g/mol. The third-order valence-corrected chi connectivity index (χ3v) is 6.46. The predicted octanol–water partition coefficient (Wildman–Crippen LogP) is 5.75. The summed E-state index contributed by atoms with van der Waals surface area (Å²) in [6, 6.07) is 13.0. The topological polar surface area (TPSA) is 24.9 Å².